The predicted molar refractivity (Wildman–Crippen MR) is 73.6 cm³/mol. The number of hydrogen-bond donors (Lipinski definition) is 1. The molecule has 0 spiro atoms. The molecule has 1 atom stereocenters. The van der Waals surface area contributed by atoms with Crippen LogP contribution in [0.5, 0.6) is 0 Å². The van der Waals surface area contributed by atoms with Gasteiger partial charge in [0.05, 0.1) is 18.9 Å². The van der Waals surface area contributed by atoms with Gasteiger partial charge in [0.25, 0.3) is 0 Å². The second-order valence-electron chi connectivity index (χ2n) is 5.64. The molecule has 1 unspecified atom stereocenters. The fourth-order valence-electron chi connectivity index (χ4n) is 2.66. The van der Waals surface area contributed by atoms with Crippen molar-refractivity contribution in [1.29, 1.82) is 0 Å². The van der Waals surface area contributed by atoms with Crippen LogP contribution in [0, 0.1) is 5.92 Å². The lowest BCUT2D eigenvalue weighted by Crippen LogP contribution is -2.40. The second kappa shape index (κ2) is 6.89. The second-order valence-corrected chi connectivity index (χ2v) is 5.64. The van der Waals surface area contributed by atoms with Gasteiger partial charge in [-0.3, -0.25) is 14.4 Å². The number of ether oxygens (including phenoxy) is 1. The molecular formula is C14H22N2O5. The number of carbonyl (C=O) groups excluding carboxylic acids is 2. The zero-order valence-corrected chi connectivity index (χ0v) is 12.3. The Labute approximate surface area is 123 Å². The number of hydrogen-bond acceptors (Lipinski definition) is 4. The quantitative estimate of drug-likeness (QED) is 0.679. The highest BCUT2D eigenvalue weighted by molar-refractivity contribution is 5.89. The van der Waals surface area contributed by atoms with Gasteiger partial charge in [0, 0.05) is 39.2 Å². The van der Waals surface area contributed by atoms with E-state index < -0.39 is 5.97 Å². The number of aliphatic carboxylic acids is 1. The number of rotatable bonds is 8. The van der Waals surface area contributed by atoms with Crippen molar-refractivity contribution in [2.75, 3.05) is 33.4 Å². The molecule has 0 aromatic carbocycles. The van der Waals surface area contributed by atoms with Gasteiger partial charge in [-0.25, -0.2) is 0 Å². The fourth-order valence-corrected chi connectivity index (χ4v) is 2.66. The Morgan fingerprint density at radius 2 is 2.14 bits per heavy atom. The van der Waals surface area contributed by atoms with Crippen LogP contribution < -0.4 is 0 Å². The molecule has 0 aromatic rings. The molecule has 1 saturated heterocycles. The Bertz CT molecular complexity index is 422. The van der Waals surface area contributed by atoms with Gasteiger partial charge >= 0.3 is 5.97 Å². The molecule has 7 heteroatoms. The molecule has 0 radical (unpaired) electrons. The van der Waals surface area contributed by atoms with Gasteiger partial charge in [0.1, 0.15) is 0 Å². The Morgan fingerprint density at radius 1 is 1.43 bits per heavy atom. The third-order valence-corrected chi connectivity index (χ3v) is 3.97. The minimum absolute atomic E-state index is 0.0284. The first-order valence-corrected chi connectivity index (χ1v) is 7.32. The first-order chi connectivity index (χ1) is 10.0. The van der Waals surface area contributed by atoms with Crippen LogP contribution in [0.25, 0.3) is 0 Å². The van der Waals surface area contributed by atoms with Gasteiger partial charge in [0.15, 0.2) is 0 Å². The van der Waals surface area contributed by atoms with E-state index in [4.69, 9.17) is 9.84 Å². The summed E-state index contributed by atoms with van der Waals surface area (Å²) < 4.78 is 4.95. The third kappa shape index (κ3) is 4.17. The van der Waals surface area contributed by atoms with E-state index in [1.807, 2.05) is 0 Å². The lowest BCUT2D eigenvalue weighted by Gasteiger charge is -2.25. The maximum absolute atomic E-state index is 12.5. The topological polar surface area (TPSA) is 87.2 Å². The minimum atomic E-state index is -0.905. The predicted octanol–water partition coefficient (Wildman–Crippen LogP) is -0.0530. The highest BCUT2D eigenvalue weighted by Gasteiger charge is 2.40. The third-order valence-electron chi connectivity index (χ3n) is 3.97. The SMILES string of the molecule is COCCN1CC(C(=O)N(CCC(=O)O)C2CC2)CC1=O. The maximum atomic E-state index is 12.5. The van der Waals surface area contributed by atoms with Crippen molar-refractivity contribution in [1.82, 2.24) is 9.80 Å². The largest absolute Gasteiger partial charge is 0.481 e. The number of carboxylic acid groups (broad SMARTS) is 1. The van der Waals surface area contributed by atoms with Gasteiger partial charge in [-0.15, -0.1) is 0 Å². The monoisotopic (exact) mass is 298 g/mol. The van der Waals surface area contributed by atoms with Crippen molar-refractivity contribution in [3.8, 4) is 0 Å². The smallest absolute Gasteiger partial charge is 0.305 e. The molecule has 0 bridgehead atoms. The molecule has 21 heavy (non-hydrogen) atoms. The van der Waals surface area contributed by atoms with Crippen molar-refractivity contribution < 1.29 is 24.2 Å². The van der Waals surface area contributed by atoms with Crippen LogP contribution in [0.2, 0.25) is 0 Å². The fraction of sp³-hybridized carbons (Fsp3) is 0.786. The average Bonchev–Trinajstić information content (AvgIpc) is 3.20. The Hall–Kier alpha value is -1.63. The van der Waals surface area contributed by atoms with Crippen LogP contribution in [0.15, 0.2) is 0 Å². The summed E-state index contributed by atoms with van der Waals surface area (Å²) in [6, 6.07) is 0.167. The zero-order valence-electron chi connectivity index (χ0n) is 12.3. The van der Waals surface area contributed by atoms with E-state index in [0.717, 1.165) is 12.8 Å². The Morgan fingerprint density at radius 3 is 2.71 bits per heavy atom. The molecule has 1 aliphatic heterocycles. The van der Waals surface area contributed by atoms with Gasteiger partial charge in [0.2, 0.25) is 11.8 Å². The molecule has 1 N–H and O–H groups in total. The van der Waals surface area contributed by atoms with E-state index >= 15 is 0 Å². The molecular weight excluding hydrogens is 276 g/mol. The number of amides is 2. The van der Waals surface area contributed by atoms with E-state index in [0.29, 0.717) is 19.7 Å². The van der Waals surface area contributed by atoms with E-state index in [1.54, 1.807) is 16.9 Å². The molecule has 2 rings (SSSR count). The number of methoxy groups -OCH3 is 1. The molecule has 2 fully saturated rings. The molecule has 1 heterocycles. The first kappa shape index (κ1) is 15.8. The number of likely N-dealkylation sites (tertiary alicyclic amines) is 1. The summed E-state index contributed by atoms with van der Waals surface area (Å²) in [6.07, 6.45) is 2.04. The highest BCUT2D eigenvalue weighted by atomic mass is 16.5. The van der Waals surface area contributed by atoms with Crippen LogP contribution in [0.4, 0.5) is 0 Å². The number of carboxylic acids is 1. The molecule has 118 valence electrons. The van der Waals surface area contributed by atoms with E-state index in [1.165, 1.54) is 0 Å². The summed E-state index contributed by atoms with van der Waals surface area (Å²) in [5.74, 6) is -1.35. The Kier molecular flexibility index (Phi) is 5.17. The summed E-state index contributed by atoms with van der Waals surface area (Å²) in [5.41, 5.74) is 0. The van der Waals surface area contributed by atoms with Gasteiger partial charge < -0.3 is 19.6 Å². The molecule has 1 saturated carbocycles. The van der Waals surface area contributed by atoms with E-state index in [2.05, 4.69) is 0 Å². The summed E-state index contributed by atoms with van der Waals surface area (Å²) >= 11 is 0. The normalized spacial score (nSPS) is 21.7. The van der Waals surface area contributed by atoms with Crippen molar-refractivity contribution in [3.05, 3.63) is 0 Å². The van der Waals surface area contributed by atoms with Crippen LogP contribution in [0.3, 0.4) is 0 Å². The van der Waals surface area contributed by atoms with Crippen LogP contribution in [-0.2, 0) is 19.1 Å². The van der Waals surface area contributed by atoms with E-state index in [-0.39, 0.29) is 43.2 Å². The van der Waals surface area contributed by atoms with Crippen LogP contribution in [-0.4, -0.2) is 72.1 Å². The molecule has 2 aliphatic rings. The van der Waals surface area contributed by atoms with E-state index in [9.17, 15) is 14.4 Å². The first-order valence-electron chi connectivity index (χ1n) is 7.32. The summed E-state index contributed by atoms with van der Waals surface area (Å²) in [4.78, 5) is 38.4. The lowest BCUT2D eigenvalue weighted by molar-refractivity contribution is -0.140. The molecule has 7 nitrogen and oxygen atoms in total. The minimum Gasteiger partial charge on any atom is -0.481 e. The lowest BCUT2D eigenvalue weighted by atomic mass is 10.1. The van der Waals surface area contributed by atoms with Crippen LogP contribution in [0.1, 0.15) is 25.7 Å². The van der Waals surface area contributed by atoms with Crippen molar-refractivity contribution in [2.24, 2.45) is 5.92 Å². The average molecular weight is 298 g/mol. The molecule has 0 aromatic heterocycles. The van der Waals surface area contributed by atoms with Crippen molar-refractivity contribution >= 4 is 17.8 Å². The van der Waals surface area contributed by atoms with Crippen molar-refractivity contribution in [3.63, 3.8) is 0 Å². The summed E-state index contributed by atoms with van der Waals surface area (Å²) in [7, 11) is 1.57. The molecule has 1 aliphatic carbocycles. The Balaban J connectivity index is 1.91. The summed E-state index contributed by atoms with van der Waals surface area (Å²) in [6.45, 7) is 1.61. The number of carbonyl (C=O) groups is 3. The van der Waals surface area contributed by atoms with Gasteiger partial charge in [-0.1, -0.05) is 0 Å². The zero-order chi connectivity index (χ0) is 15.4. The van der Waals surface area contributed by atoms with Crippen molar-refractivity contribution in [2.45, 2.75) is 31.7 Å². The van der Waals surface area contributed by atoms with Gasteiger partial charge in [-0.2, -0.15) is 0 Å². The summed E-state index contributed by atoms with van der Waals surface area (Å²) in [5, 5.41) is 8.78. The molecule has 2 amide bonds. The standard InChI is InChI=1S/C14H22N2O5/c1-21-7-6-15-9-10(8-12(15)17)14(20)16(11-2-3-11)5-4-13(18)19/h10-11H,2-9H2,1H3,(H,18,19). The number of nitrogens with zero attached hydrogens (tertiary/aromatic N) is 2. The van der Waals surface area contributed by atoms with Crippen LogP contribution >= 0.6 is 0 Å². The van der Waals surface area contributed by atoms with Gasteiger partial charge in [-0.05, 0) is 12.8 Å². The highest BCUT2D eigenvalue weighted by Crippen LogP contribution is 2.30. The maximum Gasteiger partial charge on any atom is 0.305 e.